The zero-order chi connectivity index (χ0) is 17.8. The number of aromatic nitrogens is 1. The molecule has 0 saturated carbocycles. The molecule has 0 aromatic carbocycles. The summed E-state index contributed by atoms with van der Waals surface area (Å²) >= 11 is 1.19. The van der Waals surface area contributed by atoms with Gasteiger partial charge < -0.3 is 9.80 Å². The zero-order valence-electron chi connectivity index (χ0n) is 14.1. The first-order chi connectivity index (χ1) is 11.8. The molecule has 1 aromatic heterocycles. The second kappa shape index (κ2) is 5.77. The molecule has 0 radical (unpaired) electrons. The molecule has 2 amide bonds. The van der Waals surface area contributed by atoms with Crippen LogP contribution in [-0.4, -0.2) is 72.2 Å². The van der Waals surface area contributed by atoms with Crippen LogP contribution in [0.1, 0.15) is 46.5 Å². The summed E-state index contributed by atoms with van der Waals surface area (Å²) < 4.78 is 22.7. The quantitative estimate of drug-likeness (QED) is 0.761. The van der Waals surface area contributed by atoms with Crippen molar-refractivity contribution < 1.29 is 18.0 Å². The van der Waals surface area contributed by atoms with Crippen molar-refractivity contribution in [3.05, 3.63) is 16.1 Å². The average molecular weight is 383 g/mol. The zero-order valence-corrected chi connectivity index (χ0v) is 15.7. The number of sulfone groups is 1. The Hall–Kier alpha value is -1.48. The molecular weight excluding hydrogens is 362 g/mol. The Morgan fingerprint density at radius 2 is 1.96 bits per heavy atom. The summed E-state index contributed by atoms with van der Waals surface area (Å²) in [5.74, 6) is 0.0505. The fraction of sp³-hybridized carbons (Fsp3) is 0.688. The molecule has 3 fully saturated rings. The Morgan fingerprint density at radius 1 is 1.24 bits per heavy atom. The van der Waals surface area contributed by atoms with Gasteiger partial charge in [-0.25, -0.2) is 13.4 Å². The Labute approximate surface area is 150 Å². The second-order valence-corrected chi connectivity index (χ2v) is 10.5. The molecule has 7 nitrogen and oxygen atoms in total. The summed E-state index contributed by atoms with van der Waals surface area (Å²) in [5, 5.41) is 1.96. The molecule has 136 valence electrons. The van der Waals surface area contributed by atoms with E-state index < -0.39 is 9.84 Å². The van der Waals surface area contributed by atoms with Crippen LogP contribution in [0.2, 0.25) is 0 Å². The molecule has 9 heteroatoms. The summed E-state index contributed by atoms with van der Waals surface area (Å²) in [6.07, 6.45) is 3.14. The van der Waals surface area contributed by atoms with Crippen molar-refractivity contribution in [1.82, 2.24) is 14.8 Å². The van der Waals surface area contributed by atoms with Gasteiger partial charge in [0.25, 0.3) is 11.8 Å². The first-order valence-corrected chi connectivity index (χ1v) is 11.2. The van der Waals surface area contributed by atoms with Crippen LogP contribution in [0.5, 0.6) is 0 Å². The Morgan fingerprint density at radius 3 is 2.60 bits per heavy atom. The molecule has 4 rings (SSSR count). The molecular formula is C16H21N3O4S2. The van der Waals surface area contributed by atoms with Crippen LogP contribution < -0.4 is 0 Å². The lowest BCUT2D eigenvalue weighted by Crippen LogP contribution is -2.69. The lowest BCUT2D eigenvalue weighted by atomic mass is 9.83. The third-order valence-electron chi connectivity index (χ3n) is 5.36. The monoisotopic (exact) mass is 383 g/mol. The van der Waals surface area contributed by atoms with Crippen LogP contribution in [0.25, 0.3) is 0 Å². The maximum atomic E-state index is 12.6. The Kier molecular flexibility index (Phi) is 3.91. The number of thiazole rings is 1. The third-order valence-corrected chi connectivity index (χ3v) is 8.30. The average Bonchev–Trinajstić information content (AvgIpc) is 2.99. The largest absolute Gasteiger partial charge is 0.335 e. The smallest absolute Gasteiger partial charge is 0.282 e. The van der Waals surface area contributed by atoms with E-state index in [1.807, 2.05) is 11.8 Å². The molecule has 0 bridgehead atoms. The highest BCUT2D eigenvalue weighted by Gasteiger charge is 2.57. The van der Waals surface area contributed by atoms with Crippen molar-refractivity contribution in [2.75, 3.05) is 31.1 Å². The van der Waals surface area contributed by atoms with Gasteiger partial charge in [-0.3, -0.25) is 9.59 Å². The van der Waals surface area contributed by atoms with Crippen LogP contribution in [0, 0.1) is 5.41 Å². The Bertz CT molecular complexity index is 812. The number of rotatable bonds is 2. The van der Waals surface area contributed by atoms with Crippen molar-refractivity contribution >= 4 is 33.0 Å². The molecule has 3 aliphatic rings. The van der Waals surface area contributed by atoms with E-state index >= 15 is 0 Å². The van der Waals surface area contributed by atoms with E-state index in [0.717, 1.165) is 25.8 Å². The second-order valence-electron chi connectivity index (χ2n) is 7.57. The first kappa shape index (κ1) is 17.0. The van der Waals surface area contributed by atoms with Gasteiger partial charge in [0.2, 0.25) is 0 Å². The van der Waals surface area contributed by atoms with Gasteiger partial charge in [0.15, 0.2) is 14.8 Å². The molecule has 0 unspecified atom stereocenters. The topological polar surface area (TPSA) is 87.7 Å². The van der Waals surface area contributed by atoms with Crippen LogP contribution in [0.3, 0.4) is 0 Å². The standard InChI is InChI=1S/C16H21N3O4S2/c1-11-4-2-3-5-19(11)14(20)12-6-24-13(17-12)15(21)18-7-16(8-18)9-25(22,23)10-16/h6,11H,2-5,7-10H2,1H3/t11-/m0/s1. The minimum atomic E-state index is -2.89. The highest BCUT2D eigenvalue weighted by Crippen LogP contribution is 2.42. The molecule has 0 aliphatic carbocycles. The van der Waals surface area contributed by atoms with Crippen LogP contribution in [0.4, 0.5) is 0 Å². The highest BCUT2D eigenvalue weighted by atomic mass is 32.2. The van der Waals surface area contributed by atoms with Crippen LogP contribution >= 0.6 is 11.3 Å². The minimum absolute atomic E-state index is 0.104. The van der Waals surface area contributed by atoms with Gasteiger partial charge in [0.1, 0.15) is 5.69 Å². The van der Waals surface area contributed by atoms with Crippen molar-refractivity contribution in [3.8, 4) is 0 Å². The van der Waals surface area contributed by atoms with Gasteiger partial charge in [-0.1, -0.05) is 0 Å². The van der Waals surface area contributed by atoms with E-state index in [1.54, 1.807) is 10.3 Å². The molecule has 25 heavy (non-hydrogen) atoms. The Balaban J connectivity index is 1.40. The summed E-state index contributed by atoms with van der Waals surface area (Å²) in [5.41, 5.74) is 0.108. The van der Waals surface area contributed by atoms with Crippen molar-refractivity contribution in [1.29, 1.82) is 0 Å². The van der Waals surface area contributed by atoms with E-state index in [2.05, 4.69) is 4.98 Å². The van der Waals surface area contributed by atoms with Gasteiger partial charge in [0, 0.05) is 36.5 Å². The predicted molar refractivity (Wildman–Crippen MR) is 93.5 cm³/mol. The van der Waals surface area contributed by atoms with Crippen molar-refractivity contribution in [2.24, 2.45) is 5.41 Å². The number of hydrogen-bond donors (Lipinski definition) is 0. The fourth-order valence-corrected chi connectivity index (χ4v) is 7.04. The summed E-state index contributed by atoms with van der Waals surface area (Å²) in [4.78, 5) is 32.8. The maximum Gasteiger partial charge on any atom is 0.282 e. The number of carbonyl (C=O) groups is 2. The van der Waals surface area contributed by atoms with Gasteiger partial charge in [-0.05, 0) is 26.2 Å². The molecule has 1 aromatic rings. The van der Waals surface area contributed by atoms with Gasteiger partial charge in [0.05, 0.1) is 11.5 Å². The third kappa shape index (κ3) is 2.97. The van der Waals surface area contributed by atoms with Gasteiger partial charge in [-0.15, -0.1) is 11.3 Å². The first-order valence-electron chi connectivity index (χ1n) is 8.55. The highest BCUT2D eigenvalue weighted by molar-refractivity contribution is 7.92. The van der Waals surface area contributed by atoms with E-state index in [4.69, 9.17) is 0 Å². The number of nitrogens with zero attached hydrogens (tertiary/aromatic N) is 3. The summed E-state index contributed by atoms with van der Waals surface area (Å²) in [6, 6.07) is 0.206. The maximum absolute atomic E-state index is 12.6. The van der Waals surface area contributed by atoms with Gasteiger partial charge in [-0.2, -0.15) is 0 Å². The summed E-state index contributed by atoms with van der Waals surface area (Å²) in [6.45, 7) is 3.72. The molecule has 4 heterocycles. The molecule has 3 saturated heterocycles. The van der Waals surface area contributed by atoms with Gasteiger partial charge >= 0.3 is 0 Å². The SMILES string of the molecule is C[C@H]1CCCCN1C(=O)c1csc(C(=O)N2CC3(C2)CS(=O)(=O)C3)n1. The van der Waals surface area contributed by atoms with E-state index in [-0.39, 0.29) is 34.8 Å². The van der Waals surface area contributed by atoms with E-state index in [0.29, 0.717) is 23.8 Å². The number of likely N-dealkylation sites (tertiary alicyclic amines) is 2. The normalized spacial score (nSPS) is 26.8. The lowest BCUT2D eigenvalue weighted by molar-refractivity contribution is 0.0201. The molecule has 3 aliphatic heterocycles. The number of amides is 2. The van der Waals surface area contributed by atoms with E-state index in [9.17, 15) is 18.0 Å². The molecule has 1 spiro atoms. The predicted octanol–water partition coefficient (Wildman–Crippen LogP) is 1.03. The fourth-order valence-electron chi connectivity index (χ4n) is 4.13. The summed E-state index contributed by atoms with van der Waals surface area (Å²) in [7, 11) is -2.89. The molecule has 1 atom stereocenters. The van der Waals surface area contributed by atoms with E-state index in [1.165, 1.54) is 11.3 Å². The minimum Gasteiger partial charge on any atom is -0.335 e. The number of hydrogen-bond acceptors (Lipinski definition) is 6. The number of piperidine rings is 1. The van der Waals surface area contributed by atoms with Crippen LogP contribution in [-0.2, 0) is 9.84 Å². The lowest BCUT2D eigenvalue weighted by Gasteiger charge is -2.54. The van der Waals surface area contributed by atoms with Crippen molar-refractivity contribution in [2.45, 2.75) is 32.2 Å². The molecule has 0 N–H and O–H groups in total. The number of carbonyl (C=O) groups excluding carboxylic acids is 2. The van der Waals surface area contributed by atoms with Crippen molar-refractivity contribution in [3.63, 3.8) is 0 Å². The van der Waals surface area contributed by atoms with Crippen LogP contribution in [0.15, 0.2) is 5.38 Å².